The molecule has 0 fully saturated rings. The van der Waals surface area contributed by atoms with Gasteiger partial charge in [0.05, 0.1) is 0 Å². The summed E-state index contributed by atoms with van der Waals surface area (Å²) in [6, 6.07) is 21.2. The number of hydrogen-bond acceptors (Lipinski definition) is 2. The summed E-state index contributed by atoms with van der Waals surface area (Å²) in [6.07, 6.45) is 1.86. The smallest absolute Gasteiger partial charge is 0.303 e. The van der Waals surface area contributed by atoms with E-state index in [1.807, 2.05) is 12.1 Å². The van der Waals surface area contributed by atoms with Crippen molar-refractivity contribution in [2.45, 2.75) is 45.3 Å². The first kappa shape index (κ1) is 17.2. The lowest BCUT2D eigenvalue weighted by atomic mass is 10.1. The summed E-state index contributed by atoms with van der Waals surface area (Å²) in [5.41, 5.74) is 2.57. The van der Waals surface area contributed by atoms with Gasteiger partial charge in [0.2, 0.25) is 0 Å². The van der Waals surface area contributed by atoms with Crippen molar-refractivity contribution < 1.29 is 9.90 Å². The van der Waals surface area contributed by atoms with Crippen LogP contribution in [-0.4, -0.2) is 22.0 Å². The summed E-state index contributed by atoms with van der Waals surface area (Å²) < 4.78 is 0. The summed E-state index contributed by atoms with van der Waals surface area (Å²) >= 11 is 0. The molecule has 1 atom stereocenters. The van der Waals surface area contributed by atoms with Crippen LogP contribution in [0.4, 0.5) is 0 Å². The molecule has 2 rings (SSSR count). The molecule has 0 aliphatic heterocycles. The molecule has 2 aromatic carbocycles. The molecule has 0 amide bonds. The van der Waals surface area contributed by atoms with Crippen molar-refractivity contribution in [3.8, 4) is 0 Å². The van der Waals surface area contributed by atoms with Crippen molar-refractivity contribution >= 4 is 5.97 Å². The minimum atomic E-state index is -0.713. The van der Waals surface area contributed by atoms with Crippen LogP contribution in [0.2, 0.25) is 0 Å². The molecule has 3 heteroatoms. The first-order chi connectivity index (χ1) is 11.1. The average Bonchev–Trinajstić information content (AvgIpc) is 2.56. The highest BCUT2D eigenvalue weighted by atomic mass is 16.4. The Morgan fingerprint density at radius 3 is 1.87 bits per heavy atom. The maximum atomic E-state index is 10.7. The van der Waals surface area contributed by atoms with E-state index in [1.54, 1.807) is 0 Å². The van der Waals surface area contributed by atoms with Crippen LogP contribution in [0.25, 0.3) is 0 Å². The van der Waals surface area contributed by atoms with E-state index in [-0.39, 0.29) is 6.42 Å². The van der Waals surface area contributed by atoms with Gasteiger partial charge in [0.1, 0.15) is 0 Å². The van der Waals surface area contributed by atoms with Crippen molar-refractivity contribution in [3.63, 3.8) is 0 Å². The van der Waals surface area contributed by atoms with Crippen LogP contribution < -0.4 is 0 Å². The highest BCUT2D eigenvalue weighted by molar-refractivity contribution is 5.66. The number of carboxylic acid groups (broad SMARTS) is 1. The number of carboxylic acids is 1. The Hall–Kier alpha value is -2.13. The first-order valence-electron chi connectivity index (χ1n) is 8.19. The molecule has 0 aliphatic carbocycles. The number of rotatable bonds is 9. The SMILES string of the molecule is CC(CCCC(=O)O)N(Cc1ccccc1)Cc1ccccc1. The van der Waals surface area contributed by atoms with Gasteiger partial charge < -0.3 is 5.11 Å². The van der Waals surface area contributed by atoms with E-state index in [1.165, 1.54) is 11.1 Å². The molecular weight excluding hydrogens is 286 g/mol. The molecule has 0 saturated heterocycles. The van der Waals surface area contributed by atoms with Crippen molar-refractivity contribution in [1.82, 2.24) is 4.90 Å². The molecule has 0 aliphatic rings. The highest BCUT2D eigenvalue weighted by Crippen LogP contribution is 2.17. The Labute approximate surface area is 138 Å². The van der Waals surface area contributed by atoms with Gasteiger partial charge >= 0.3 is 5.97 Å². The van der Waals surface area contributed by atoms with Gasteiger partial charge in [0, 0.05) is 25.6 Å². The quantitative estimate of drug-likeness (QED) is 0.749. The van der Waals surface area contributed by atoms with E-state index in [4.69, 9.17) is 5.11 Å². The van der Waals surface area contributed by atoms with Gasteiger partial charge in [0.15, 0.2) is 0 Å². The Morgan fingerprint density at radius 1 is 0.957 bits per heavy atom. The Balaban J connectivity index is 2.02. The predicted octanol–water partition coefficient (Wildman–Crippen LogP) is 4.33. The zero-order chi connectivity index (χ0) is 16.5. The van der Waals surface area contributed by atoms with Crippen LogP contribution in [0.3, 0.4) is 0 Å². The third-order valence-electron chi connectivity index (χ3n) is 4.09. The summed E-state index contributed by atoms with van der Waals surface area (Å²) in [5.74, 6) is -0.713. The number of hydrogen-bond donors (Lipinski definition) is 1. The summed E-state index contributed by atoms with van der Waals surface area (Å²) in [7, 11) is 0. The third kappa shape index (κ3) is 6.25. The second-order valence-corrected chi connectivity index (χ2v) is 6.01. The normalized spacial score (nSPS) is 12.3. The molecule has 0 heterocycles. The molecule has 0 saturated carbocycles. The van der Waals surface area contributed by atoms with E-state index < -0.39 is 5.97 Å². The lowest BCUT2D eigenvalue weighted by Crippen LogP contribution is -2.32. The van der Waals surface area contributed by atoms with Gasteiger partial charge in [-0.15, -0.1) is 0 Å². The second kappa shape index (κ2) is 9.11. The number of nitrogens with zero attached hydrogens (tertiary/aromatic N) is 1. The fourth-order valence-electron chi connectivity index (χ4n) is 2.73. The lowest BCUT2D eigenvalue weighted by molar-refractivity contribution is -0.137. The maximum absolute atomic E-state index is 10.7. The Bertz CT molecular complexity index is 542. The Morgan fingerprint density at radius 2 is 1.43 bits per heavy atom. The monoisotopic (exact) mass is 311 g/mol. The molecule has 0 aromatic heterocycles. The second-order valence-electron chi connectivity index (χ2n) is 6.01. The van der Waals surface area contributed by atoms with Crippen LogP contribution in [-0.2, 0) is 17.9 Å². The van der Waals surface area contributed by atoms with Crippen LogP contribution in [0, 0.1) is 0 Å². The van der Waals surface area contributed by atoms with Crippen LogP contribution in [0.5, 0.6) is 0 Å². The van der Waals surface area contributed by atoms with Gasteiger partial charge in [-0.3, -0.25) is 9.69 Å². The summed E-state index contributed by atoms with van der Waals surface area (Å²) in [4.78, 5) is 13.1. The maximum Gasteiger partial charge on any atom is 0.303 e. The van der Waals surface area contributed by atoms with Crippen molar-refractivity contribution in [3.05, 3.63) is 71.8 Å². The van der Waals surface area contributed by atoms with Gasteiger partial charge in [0.25, 0.3) is 0 Å². The molecule has 1 unspecified atom stereocenters. The molecular formula is C20H25NO2. The van der Waals surface area contributed by atoms with E-state index in [0.717, 1.165) is 25.9 Å². The average molecular weight is 311 g/mol. The molecule has 122 valence electrons. The Kier molecular flexibility index (Phi) is 6.82. The van der Waals surface area contributed by atoms with E-state index in [9.17, 15) is 4.79 Å². The van der Waals surface area contributed by atoms with Gasteiger partial charge in [-0.2, -0.15) is 0 Å². The number of benzene rings is 2. The van der Waals surface area contributed by atoms with Gasteiger partial charge in [-0.05, 0) is 30.9 Å². The largest absolute Gasteiger partial charge is 0.481 e. The molecule has 3 nitrogen and oxygen atoms in total. The molecule has 0 bridgehead atoms. The number of aliphatic carboxylic acids is 1. The number of carbonyl (C=O) groups is 1. The molecule has 0 radical (unpaired) electrons. The van der Waals surface area contributed by atoms with E-state index in [2.05, 4.69) is 60.4 Å². The standard InChI is InChI=1S/C20H25NO2/c1-17(9-8-14-20(22)23)21(15-18-10-4-2-5-11-18)16-19-12-6-3-7-13-19/h2-7,10-13,17H,8-9,14-16H2,1H3,(H,22,23). The molecule has 23 heavy (non-hydrogen) atoms. The first-order valence-corrected chi connectivity index (χ1v) is 8.19. The lowest BCUT2D eigenvalue weighted by Gasteiger charge is -2.29. The van der Waals surface area contributed by atoms with Gasteiger partial charge in [-0.25, -0.2) is 0 Å². The topological polar surface area (TPSA) is 40.5 Å². The highest BCUT2D eigenvalue weighted by Gasteiger charge is 2.15. The third-order valence-corrected chi connectivity index (χ3v) is 4.09. The van der Waals surface area contributed by atoms with Crippen molar-refractivity contribution in [2.24, 2.45) is 0 Å². The van der Waals surface area contributed by atoms with Crippen LogP contribution in [0.1, 0.15) is 37.3 Å². The molecule has 1 N–H and O–H groups in total. The minimum absolute atomic E-state index is 0.245. The van der Waals surface area contributed by atoms with E-state index in [0.29, 0.717) is 6.04 Å². The predicted molar refractivity (Wildman–Crippen MR) is 93.1 cm³/mol. The fourth-order valence-corrected chi connectivity index (χ4v) is 2.73. The summed E-state index contributed by atoms with van der Waals surface area (Å²) in [6.45, 7) is 3.95. The summed E-state index contributed by atoms with van der Waals surface area (Å²) in [5, 5.41) is 8.82. The van der Waals surface area contributed by atoms with Gasteiger partial charge in [-0.1, -0.05) is 60.7 Å². The van der Waals surface area contributed by atoms with Crippen LogP contribution in [0.15, 0.2) is 60.7 Å². The van der Waals surface area contributed by atoms with Crippen molar-refractivity contribution in [1.29, 1.82) is 0 Å². The minimum Gasteiger partial charge on any atom is -0.481 e. The molecule has 2 aromatic rings. The van der Waals surface area contributed by atoms with Crippen LogP contribution >= 0.6 is 0 Å². The zero-order valence-electron chi connectivity index (χ0n) is 13.7. The van der Waals surface area contributed by atoms with Crippen molar-refractivity contribution in [2.75, 3.05) is 0 Å². The zero-order valence-corrected chi connectivity index (χ0v) is 13.7. The fraction of sp³-hybridized carbons (Fsp3) is 0.350. The molecule has 0 spiro atoms. The van der Waals surface area contributed by atoms with E-state index >= 15 is 0 Å².